The zero-order valence-corrected chi connectivity index (χ0v) is 13.2. The van der Waals surface area contributed by atoms with Crippen LogP contribution in [0.3, 0.4) is 0 Å². The largest absolute Gasteiger partial charge is 0.314 e. The van der Waals surface area contributed by atoms with Crippen molar-refractivity contribution in [2.45, 2.75) is 52.0 Å². The van der Waals surface area contributed by atoms with E-state index in [1.807, 2.05) is 6.07 Å². The number of rotatable bonds is 5. The maximum absolute atomic E-state index is 13.6. The molecule has 0 radical (unpaired) electrons. The Kier molecular flexibility index (Phi) is 5.86. The second kappa shape index (κ2) is 7.42. The van der Waals surface area contributed by atoms with Crippen molar-refractivity contribution >= 4 is 11.6 Å². The Balaban J connectivity index is 2.07. The standard InChI is InChI=1S/C17H25ClFN/c1-3-20-16(13-9-7-12(2)8-10-13)11-14-5-4-6-15(19)17(14)18/h4-6,12-13,16,20H,3,7-11H2,1-2H3. The van der Waals surface area contributed by atoms with Crippen LogP contribution in [-0.4, -0.2) is 12.6 Å². The first-order valence-corrected chi connectivity index (χ1v) is 8.15. The summed E-state index contributed by atoms with van der Waals surface area (Å²) < 4.78 is 13.6. The van der Waals surface area contributed by atoms with Crippen LogP contribution in [0.1, 0.15) is 45.1 Å². The van der Waals surface area contributed by atoms with Gasteiger partial charge in [-0.15, -0.1) is 0 Å². The third-order valence-corrected chi connectivity index (χ3v) is 4.99. The van der Waals surface area contributed by atoms with Gasteiger partial charge in [-0.1, -0.05) is 50.4 Å². The molecule has 0 heterocycles. The number of nitrogens with one attached hydrogen (secondary N) is 1. The summed E-state index contributed by atoms with van der Waals surface area (Å²) in [6, 6.07) is 5.53. The Morgan fingerprint density at radius 2 is 2.00 bits per heavy atom. The molecule has 1 N–H and O–H groups in total. The number of halogens is 2. The summed E-state index contributed by atoms with van der Waals surface area (Å²) in [5.41, 5.74) is 0.927. The van der Waals surface area contributed by atoms with E-state index in [-0.39, 0.29) is 5.82 Å². The highest BCUT2D eigenvalue weighted by molar-refractivity contribution is 6.31. The van der Waals surface area contributed by atoms with E-state index < -0.39 is 0 Å². The Labute approximate surface area is 126 Å². The molecule has 2 rings (SSSR count). The number of likely N-dealkylation sites (N-methyl/N-ethyl adjacent to an activating group) is 1. The summed E-state index contributed by atoms with van der Waals surface area (Å²) in [4.78, 5) is 0. The molecule has 1 atom stereocenters. The molecule has 1 nitrogen and oxygen atoms in total. The first kappa shape index (κ1) is 15.8. The van der Waals surface area contributed by atoms with Crippen LogP contribution in [0.5, 0.6) is 0 Å². The van der Waals surface area contributed by atoms with E-state index in [1.165, 1.54) is 31.7 Å². The molecule has 0 amide bonds. The average Bonchev–Trinajstić information content (AvgIpc) is 2.44. The highest BCUT2D eigenvalue weighted by Crippen LogP contribution is 2.32. The first-order valence-electron chi connectivity index (χ1n) is 7.78. The van der Waals surface area contributed by atoms with E-state index in [4.69, 9.17) is 11.6 Å². The van der Waals surface area contributed by atoms with Crippen LogP contribution in [0.25, 0.3) is 0 Å². The number of benzene rings is 1. The lowest BCUT2D eigenvalue weighted by molar-refractivity contribution is 0.230. The molecule has 1 unspecified atom stereocenters. The van der Waals surface area contributed by atoms with Gasteiger partial charge >= 0.3 is 0 Å². The summed E-state index contributed by atoms with van der Waals surface area (Å²) in [5.74, 6) is 1.23. The zero-order chi connectivity index (χ0) is 14.5. The van der Waals surface area contributed by atoms with Gasteiger partial charge in [0.2, 0.25) is 0 Å². The van der Waals surface area contributed by atoms with Crippen molar-refractivity contribution in [3.8, 4) is 0 Å². The lowest BCUT2D eigenvalue weighted by Crippen LogP contribution is -2.39. The molecule has 20 heavy (non-hydrogen) atoms. The fourth-order valence-corrected chi connectivity index (χ4v) is 3.50. The summed E-state index contributed by atoms with van der Waals surface area (Å²) in [6.45, 7) is 5.41. The van der Waals surface area contributed by atoms with Crippen molar-refractivity contribution in [3.63, 3.8) is 0 Å². The lowest BCUT2D eigenvalue weighted by Gasteiger charge is -2.33. The van der Waals surface area contributed by atoms with E-state index >= 15 is 0 Å². The maximum atomic E-state index is 13.6. The lowest BCUT2D eigenvalue weighted by atomic mass is 9.77. The van der Waals surface area contributed by atoms with Gasteiger partial charge in [0, 0.05) is 6.04 Å². The summed E-state index contributed by atoms with van der Waals surface area (Å²) in [6.07, 6.45) is 5.98. The highest BCUT2D eigenvalue weighted by atomic mass is 35.5. The quantitative estimate of drug-likeness (QED) is 0.821. The minimum Gasteiger partial charge on any atom is -0.314 e. The van der Waals surface area contributed by atoms with Crippen LogP contribution < -0.4 is 5.32 Å². The van der Waals surface area contributed by atoms with Gasteiger partial charge in [0.25, 0.3) is 0 Å². The summed E-state index contributed by atoms with van der Waals surface area (Å²) in [5, 5.41) is 3.87. The van der Waals surface area contributed by atoms with Crippen molar-refractivity contribution < 1.29 is 4.39 Å². The smallest absolute Gasteiger partial charge is 0.142 e. The molecular formula is C17H25ClFN. The molecule has 1 fully saturated rings. The molecule has 0 aromatic heterocycles. The summed E-state index contributed by atoms with van der Waals surface area (Å²) >= 11 is 6.10. The third kappa shape index (κ3) is 3.95. The Bertz CT molecular complexity index is 427. The topological polar surface area (TPSA) is 12.0 Å². The van der Waals surface area contributed by atoms with Crippen LogP contribution in [0.4, 0.5) is 4.39 Å². The fourth-order valence-electron chi connectivity index (χ4n) is 3.30. The number of hydrogen-bond acceptors (Lipinski definition) is 1. The molecule has 3 heteroatoms. The van der Waals surface area contributed by atoms with Crippen molar-refractivity contribution in [2.24, 2.45) is 11.8 Å². The van der Waals surface area contributed by atoms with Gasteiger partial charge in [0.05, 0.1) is 5.02 Å². The van der Waals surface area contributed by atoms with Crippen LogP contribution >= 0.6 is 11.6 Å². The SMILES string of the molecule is CCNC(Cc1cccc(F)c1Cl)C1CCC(C)CC1. The molecule has 0 aliphatic heterocycles. The fraction of sp³-hybridized carbons (Fsp3) is 0.647. The predicted molar refractivity (Wildman–Crippen MR) is 83.7 cm³/mol. The highest BCUT2D eigenvalue weighted by Gasteiger charge is 2.26. The molecule has 0 spiro atoms. The Morgan fingerprint density at radius 1 is 1.30 bits per heavy atom. The Hall–Kier alpha value is -0.600. The van der Waals surface area contributed by atoms with Gasteiger partial charge in [-0.25, -0.2) is 4.39 Å². The Morgan fingerprint density at radius 3 is 2.65 bits per heavy atom. The monoisotopic (exact) mass is 297 g/mol. The van der Waals surface area contributed by atoms with Crippen molar-refractivity contribution in [1.29, 1.82) is 0 Å². The van der Waals surface area contributed by atoms with E-state index in [2.05, 4.69) is 19.2 Å². The molecule has 1 aliphatic rings. The molecule has 1 saturated carbocycles. The zero-order valence-electron chi connectivity index (χ0n) is 12.5. The third-order valence-electron chi connectivity index (χ3n) is 4.57. The van der Waals surface area contributed by atoms with Gasteiger partial charge < -0.3 is 5.32 Å². The average molecular weight is 298 g/mol. The van der Waals surface area contributed by atoms with E-state index in [0.717, 1.165) is 24.4 Å². The minimum atomic E-state index is -0.309. The van der Waals surface area contributed by atoms with E-state index in [9.17, 15) is 4.39 Å². The van der Waals surface area contributed by atoms with Crippen LogP contribution in [0.15, 0.2) is 18.2 Å². The molecule has 0 bridgehead atoms. The van der Waals surface area contributed by atoms with Gasteiger partial charge in [-0.2, -0.15) is 0 Å². The second-order valence-electron chi connectivity index (χ2n) is 6.10. The molecule has 0 saturated heterocycles. The predicted octanol–water partition coefficient (Wildman–Crippen LogP) is 4.83. The summed E-state index contributed by atoms with van der Waals surface area (Å²) in [7, 11) is 0. The van der Waals surface area contributed by atoms with Crippen molar-refractivity contribution in [2.75, 3.05) is 6.54 Å². The molecule has 1 aromatic carbocycles. The minimum absolute atomic E-state index is 0.291. The van der Waals surface area contributed by atoms with Gasteiger partial charge in [-0.05, 0) is 49.3 Å². The number of hydrogen-bond donors (Lipinski definition) is 1. The van der Waals surface area contributed by atoms with Crippen LogP contribution in [0.2, 0.25) is 5.02 Å². The molecular weight excluding hydrogens is 273 g/mol. The van der Waals surface area contributed by atoms with Crippen molar-refractivity contribution in [3.05, 3.63) is 34.6 Å². The van der Waals surface area contributed by atoms with Gasteiger partial charge in [-0.3, -0.25) is 0 Å². The van der Waals surface area contributed by atoms with Crippen LogP contribution in [-0.2, 0) is 6.42 Å². The first-order chi connectivity index (χ1) is 9.61. The van der Waals surface area contributed by atoms with Gasteiger partial charge in [0.1, 0.15) is 5.82 Å². The van der Waals surface area contributed by atoms with Crippen LogP contribution in [0, 0.1) is 17.7 Å². The maximum Gasteiger partial charge on any atom is 0.142 e. The normalized spacial score (nSPS) is 24.6. The molecule has 1 aliphatic carbocycles. The van der Waals surface area contributed by atoms with Gasteiger partial charge in [0.15, 0.2) is 0 Å². The second-order valence-corrected chi connectivity index (χ2v) is 6.48. The molecule has 112 valence electrons. The van der Waals surface area contributed by atoms with E-state index in [0.29, 0.717) is 17.0 Å². The van der Waals surface area contributed by atoms with E-state index in [1.54, 1.807) is 6.07 Å². The molecule has 1 aromatic rings. The van der Waals surface area contributed by atoms with Crippen molar-refractivity contribution in [1.82, 2.24) is 5.32 Å².